The van der Waals surface area contributed by atoms with E-state index in [0.717, 1.165) is 6.42 Å². The van der Waals surface area contributed by atoms with Gasteiger partial charge in [0.1, 0.15) is 0 Å². The molecule has 0 amide bonds. The Morgan fingerprint density at radius 3 is 1.00 bits per heavy atom. The SMILES string of the molecule is c1ccc(CC(c2ccccc2)N(P(c2ccccc2)c2ccccc2)P(c2ccccc2)c2ccccc2)cc1. The van der Waals surface area contributed by atoms with Crippen molar-refractivity contribution in [2.24, 2.45) is 0 Å². The number of rotatable bonds is 10. The minimum absolute atomic E-state index is 0.150. The first-order valence-electron chi connectivity index (χ1n) is 14.1. The standard InChI is InChI=1S/C38H33NP2/c1-7-19-32(20-8-1)31-38(33-21-9-2-10-22-33)39(40(34-23-11-3-12-24-34)35-25-13-4-14-26-35)41(36-27-15-5-16-28-36)37-29-17-6-18-30-37/h1-30,38H,31H2. The molecule has 6 aromatic carbocycles. The topological polar surface area (TPSA) is 3.24 Å². The van der Waals surface area contributed by atoms with E-state index in [1.54, 1.807) is 0 Å². The molecular weight excluding hydrogens is 532 g/mol. The third kappa shape index (κ3) is 6.56. The highest BCUT2D eigenvalue weighted by Crippen LogP contribution is 2.59. The van der Waals surface area contributed by atoms with Crippen LogP contribution in [0.25, 0.3) is 0 Å². The van der Waals surface area contributed by atoms with Gasteiger partial charge in [0, 0.05) is 22.2 Å². The van der Waals surface area contributed by atoms with E-state index >= 15 is 0 Å². The fourth-order valence-corrected chi connectivity index (χ4v) is 11.6. The van der Waals surface area contributed by atoms with Gasteiger partial charge in [-0.3, -0.25) is 0 Å². The first-order chi connectivity index (χ1) is 20.4. The van der Waals surface area contributed by atoms with E-state index in [1.165, 1.54) is 32.3 Å². The second-order valence-corrected chi connectivity index (χ2v) is 14.4. The molecule has 1 unspecified atom stereocenters. The maximum absolute atomic E-state index is 2.89. The maximum atomic E-state index is 2.89. The summed E-state index contributed by atoms with van der Waals surface area (Å²) in [6.45, 7) is 0. The molecule has 200 valence electrons. The monoisotopic (exact) mass is 565 g/mol. The summed E-state index contributed by atoms with van der Waals surface area (Å²) in [5, 5.41) is 5.45. The molecule has 0 aliphatic rings. The molecular formula is C38H33NP2. The highest BCUT2D eigenvalue weighted by molar-refractivity contribution is 7.84. The van der Waals surface area contributed by atoms with Gasteiger partial charge in [0.05, 0.1) is 0 Å². The molecule has 0 heterocycles. The summed E-state index contributed by atoms with van der Waals surface area (Å²) in [6, 6.07) is 66.8. The van der Waals surface area contributed by atoms with Crippen molar-refractivity contribution >= 4 is 37.4 Å². The highest BCUT2D eigenvalue weighted by Gasteiger charge is 2.37. The van der Waals surface area contributed by atoms with E-state index in [9.17, 15) is 0 Å². The van der Waals surface area contributed by atoms with Crippen LogP contribution in [0.1, 0.15) is 17.2 Å². The van der Waals surface area contributed by atoms with Crippen molar-refractivity contribution < 1.29 is 0 Å². The lowest BCUT2D eigenvalue weighted by molar-refractivity contribution is 0.516. The predicted molar refractivity (Wildman–Crippen MR) is 179 cm³/mol. The Hall–Kier alpha value is -3.86. The lowest BCUT2D eigenvalue weighted by atomic mass is 10.00. The zero-order chi connectivity index (χ0) is 27.7. The Morgan fingerprint density at radius 2 is 0.659 bits per heavy atom. The van der Waals surface area contributed by atoms with Gasteiger partial charge in [-0.1, -0.05) is 182 Å². The highest BCUT2D eigenvalue weighted by atomic mass is 31.2. The van der Waals surface area contributed by atoms with Crippen LogP contribution in [-0.2, 0) is 6.42 Å². The minimum Gasteiger partial charge on any atom is -0.237 e. The molecule has 6 aromatic rings. The summed E-state index contributed by atoms with van der Waals surface area (Å²) >= 11 is 0. The van der Waals surface area contributed by atoms with Gasteiger partial charge < -0.3 is 0 Å². The quantitative estimate of drug-likeness (QED) is 0.151. The van der Waals surface area contributed by atoms with Crippen LogP contribution in [0.5, 0.6) is 0 Å². The molecule has 0 aliphatic carbocycles. The third-order valence-corrected chi connectivity index (χ3v) is 12.7. The Bertz CT molecular complexity index is 1430. The van der Waals surface area contributed by atoms with Gasteiger partial charge in [0.2, 0.25) is 0 Å². The molecule has 1 nitrogen and oxygen atoms in total. The van der Waals surface area contributed by atoms with Gasteiger partial charge in [-0.25, -0.2) is 4.44 Å². The first-order valence-corrected chi connectivity index (χ1v) is 16.7. The summed E-state index contributed by atoms with van der Waals surface area (Å²) in [4.78, 5) is 0. The lowest BCUT2D eigenvalue weighted by Crippen LogP contribution is -2.35. The van der Waals surface area contributed by atoms with Crippen molar-refractivity contribution in [3.05, 3.63) is 193 Å². The predicted octanol–water partition coefficient (Wildman–Crippen LogP) is 8.37. The van der Waals surface area contributed by atoms with Crippen LogP contribution in [-0.4, -0.2) is 4.44 Å². The van der Waals surface area contributed by atoms with E-state index in [4.69, 9.17) is 0 Å². The van der Waals surface area contributed by atoms with Crippen molar-refractivity contribution in [2.75, 3.05) is 0 Å². The van der Waals surface area contributed by atoms with Crippen LogP contribution >= 0.6 is 16.1 Å². The molecule has 0 radical (unpaired) electrons. The second kappa shape index (κ2) is 13.7. The fraction of sp³-hybridized carbons (Fsp3) is 0.0526. The molecule has 1 atom stereocenters. The number of benzene rings is 6. The number of nitrogens with zero attached hydrogens (tertiary/aromatic N) is 1. The molecule has 41 heavy (non-hydrogen) atoms. The van der Waals surface area contributed by atoms with Crippen molar-refractivity contribution in [1.29, 1.82) is 0 Å². The van der Waals surface area contributed by atoms with Gasteiger partial charge in [-0.05, 0) is 38.8 Å². The summed E-state index contributed by atoms with van der Waals surface area (Å²) in [5.41, 5.74) is 2.69. The van der Waals surface area contributed by atoms with Gasteiger partial charge in [0.15, 0.2) is 0 Å². The molecule has 0 aromatic heterocycles. The zero-order valence-electron chi connectivity index (χ0n) is 22.9. The summed E-state index contributed by atoms with van der Waals surface area (Å²) in [7, 11) is -1.80. The average Bonchev–Trinajstić information content (AvgIpc) is 3.06. The Morgan fingerprint density at radius 1 is 0.366 bits per heavy atom. The first kappa shape index (κ1) is 27.3. The molecule has 0 saturated carbocycles. The minimum atomic E-state index is -0.898. The third-order valence-electron chi connectivity index (χ3n) is 7.15. The number of hydrogen-bond donors (Lipinski definition) is 0. The van der Waals surface area contributed by atoms with E-state index in [2.05, 4.69) is 186 Å². The van der Waals surface area contributed by atoms with Crippen molar-refractivity contribution in [3.63, 3.8) is 0 Å². The molecule has 0 bridgehead atoms. The van der Waals surface area contributed by atoms with Crippen LogP contribution in [0.15, 0.2) is 182 Å². The zero-order valence-corrected chi connectivity index (χ0v) is 24.7. The fourth-order valence-electron chi connectivity index (χ4n) is 5.26. The van der Waals surface area contributed by atoms with Gasteiger partial charge in [-0.15, -0.1) is 0 Å². The van der Waals surface area contributed by atoms with Crippen molar-refractivity contribution in [3.8, 4) is 0 Å². The normalized spacial score (nSPS) is 12.1. The molecule has 3 heteroatoms. The van der Waals surface area contributed by atoms with Gasteiger partial charge >= 0.3 is 0 Å². The van der Waals surface area contributed by atoms with Crippen LogP contribution < -0.4 is 21.2 Å². The van der Waals surface area contributed by atoms with Gasteiger partial charge in [0.25, 0.3) is 0 Å². The Labute approximate surface area is 246 Å². The summed E-state index contributed by atoms with van der Waals surface area (Å²) in [6.07, 6.45) is 0.919. The van der Waals surface area contributed by atoms with E-state index in [0.29, 0.717) is 0 Å². The van der Waals surface area contributed by atoms with Crippen LogP contribution in [0, 0.1) is 0 Å². The molecule has 0 N–H and O–H groups in total. The number of hydrogen-bond acceptors (Lipinski definition) is 1. The maximum Gasteiger partial charge on any atom is 0.0476 e. The van der Waals surface area contributed by atoms with Crippen molar-refractivity contribution in [1.82, 2.24) is 4.44 Å². The Kier molecular flexibility index (Phi) is 9.11. The Balaban J connectivity index is 1.65. The van der Waals surface area contributed by atoms with Gasteiger partial charge in [-0.2, -0.15) is 0 Å². The van der Waals surface area contributed by atoms with Crippen LogP contribution in [0.4, 0.5) is 0 Å². The van der Waals surface area contributed by atoms with E-state index in [-0.39, 0.29) is 6.04 Å². The largest absolute Gasteiger partial charge is 0.237 e. The van der Waals surface area contributed by atoms with Crippen LogP contribution in [0.3, 0.4) is 0 Å². The summed E-state index contributed by atoms with van der Waals surface area (Å²) < 4.78 is 2.89. The molecule has 0 spiro atoms. The molecule has 0 saturated heterocycles. The molecule has 6 rings (SSSR count). The van der Waals surface area contributed by atoms with E-state index in [1.807, 2.05) is 0 Å². The lowest BCUT2D eigenvalue weighted by Gasteiger charge is -2.44. The van der Waals surface area contributed by atoms with Crippen molar-refractivity contribution in [2.45, 2.75) is 12.5 Å². The second-order valence-electron chi connectivity index (χ2n) is 9.90. The average molecular weight is 566 g/mol. The molecule has 0 aliphatic heterocycles. The van der Waals surface area contributed by atoms with E-state index < -0.39 is 16.1 Å². The summed E-state index contributed by atoms with van der Waals surface area (Å²) in [5.74, 6) is 0. The smallest absolute Gasteiger partial charge is 0.0476 e. The van der Waals surface area contributed by atoms with Crippen LogP contribution in [0.2, 0.25) is 0 Å². The molecule has 0 fully saturated rings.